The Balaban J connectivity index is 1.62. The molecular formula is C17H22N2S. The van der Waals surface area contributed by atoms with Crippen molar-refractivity contribution < 1.29 is 0 Å². The van der Waals surface area contributed by atoms with E-state index in [0.717, 1.165) is 24.7 Å². The van der Waals surface area contributed by atoms with Crippen LogP contribution in [0.15, 0.2) is 29.6 Å². The van der Waals surface area contributed by atoms with Gasteiger partial charge >= 0.3 is 0 Å². The Hall–Kier alpha value is -1.19. The van der Waals surface area contributed by atoms with Crippen LogP contribution in [0.1, 0.15) is 43.2 Å². The number of aromatic nitrogens is 1. The molecule has 0 spiro atoms. The second-order valence-electron chi connectivity index (χ2n) is 5.88. The molecule has 1 fully saturated rings. The average molecular weight is 286 g/mol. The third-order valence-electron chi connectivity index (χ3n) is 3.77. The minimum atomic E-state index is 0.587. The Labute approximate surface area is 125 Å². The van der Waals surface area contributed by atoms with E-state index in [1.807, 2.05) is 0 Å². The first-order valence-electron chi connectivity index (χ1n) is 7.50. The molecule has 2 aromatic rings. The van der Waals surface area contributed by atoms with Gasteiger partial charge in [-0.2, -0.15) is 0 Å². The van der Waals surface area contributed by atoms with Gasteiger partial charge in [0.15, 0.2) is 0 Å². The SMILES string of the molecule is CC(C)c1ccc(-c2csc(CCNC3CC3)n2)cc1. The number of benzene rings is 1. The first-order chi connectivity index (χ1) is 9.72. The van der Waals surface area contributed by atoms with Crippen molar-refractivity contribution in [3.05, 3.63) is 40.2 Å². The molecule has 0 bridgehead atoms. The van der Waals surface area contributed by atoms with Crippen molar-refractivity contribution in [2.45, 2.75) is 45.1 Å². The third kappa shape index (κ3) is 3.47. The molecule has 20 heavy (non-hydrogen) atoms. The smallest absolute Gasteiger partial charge is 0.0945 e. The van der Waals surface area contributed by atoms with Gasteiger partial charge in [-0.3, -0.25) is 0 Å². The number of nitrogens with zero attached hydrogens (tertiary/aromatic N) is 1. The summed E-state index contributed by atoms with van der Waals surface area (Å²) in [5, 5.41) is 6.96. The highest BCUT2D eigenvalue weighted by Gasteiger charge is 2.19. The van der Waals surface area contributed by atoms with Gasteiger partial charge in [0, 0.05) is 30.0 Å². The van der Waals surface area contributed by atoms with Gasteiger partial charge in [0.1, 0.15) is 0 Å². The summed E-state index contributed by atoms with van der Waals surface area (Å²) in [5.41, 5.74) is 3.73. The van der Waals surface area contributed by atoms with Gasteiger partial charge < -0.3 is 5.32 Å². The fourth-order valence-electron chi connectivity index (χ4n) is 2.27. The van der Waals surface area contributed by atoms with Crippen molar-refractivity contribution in [3.63, 3.8) is 0 Å². The van der Waals surface area contributed by atoms with E-state index >= 15 is 0 Å². The Morgan fingerprint density at radius 3 is 2.65 bits per heavy atom. The lowest BCUT2D eigenvalue weighted by molar-refractivity contribution is 0.680. The van der Waals surface area contributed by atoms with E-state index in [-0.39, 0.29) is 0 Å². The maximum absolute atomic E-state index is 4.75. The zero-order valence-corrected chi connectivity index (χ0v) is 13.0. The molecule has 0 saturated heterocycles. The minimum Gasteiger partial charge on any atom is -0.314 e. The maximum atomic E-state index is 4.75. The van der Waals surface area contributed by atoms with Gasteiger partial charge in [0.05, 0.1) is 10.7 Å². The Morgan fingerprint density at radius 2 is 2.00 bits per heavy atom. The molecule has 1 N–H and O–H groups in total. The molecule has 3 heteroatoms. The van der Waals surface area contributed by atoms with Crippen LogP contribution >= 0.6 is 11.3 Å². The molecule has 2 nitrogen and oxygen atoms in total. The van der Waals surface area contributed by atoms with E-state index < -0.39 is 0 Å². The van der Waals surface area contributed by atoms with Gasteiger partial charge in [-0.1, -0.05) is 38.1 Å². The van der Waals surface area contributed by atoms with Crippen LogP contribution in [0.5, 0.6) is 0 Å². The lowest BCUT2D eigenvalue weighted by atomic mass is 10.0. The van der Waals surface area contributed by atoms with Crippen LogP contribution in [-0.2, 0) is 6.42 Å². The number of nitrogens with one attached hydrogen (secondary N) is 1. The Morgan fingerprint density at radius 1 is 1.25 bits per heavy atom. The van der Waals surface area contributed by atoms with Crippen LogP contribution in [0, 0.1) is 0 Å². The Bertz CT molecular complexity index is 553. The van der Waals surface area contributed by atoms with Crippen LogP contribution < -0.4 is 5.32 Å². The summed E-state index contributed by atoms with van der Waals surface area (Å²) >= 11 is 1.78. The summed E-state index contributed by atoms with van der Waals surface area (Å²) in [6.07, 6.45) is 3.75. The van der Waals surface area contributed by atoms with Crippen LogP contribution in [0.25, 0.3) is 11.3 Å². The first-order valence-corrected chi connectivity index (χ1v) is 8.38. The monoisotopic (exact) mass is 286 g/mol. The molecule has 3 rings (SSSR count). The van der Waals surface area contributed by atoms with E-state index in [9.17, 15) is 0 Å². The fourth-order valence-corrected chi connectivity index (χ4v) is 3.08. The van der Waals surface area contributed by atoms with Crippen LogP contribution in [0.3, 0.4) is 0 Å². The molecule has 1 saturated carbocycles. The average Bonchev–Trinajstić information content (AvgIpc) is 3.15. The fraction of sp³-hybridized carbons (Fsp3) is 0.471. The highest BCUT2D eigenvalue weighted by molar-refractivity contribution is 7.09. The molecule has 1 aliphatic rings. The topological polar surface area (TPSA) is 24.9 Å². The number of rotatable bonds is 6. The van der Waals surface area contributed by atoms with Crippen molar-refractivity contribution >= 4 is 11.3 Å². The van der Waals surface area contributed by atoms with Gasteiger partial charge in [0.25, 0.3) is 0 Å². The zero-order chi connectivity index (χ0) is 13.9. The molecule has 0 radical (unpaired) electrons. The number of hydrogen-bond donors (Lipinski definition) is 1. The van der Waals surface area contributed by atoms with Crippen molar-refractivity contribution in [2.24, 2.45) is 0 Å². The number of thiazole rings is 1. The predicted octanol–water partition coefficient (Wildman–Crippen LogP) is 4.23. The minimum absolute atomic E-state index is 0.587. The predicted molar refractivity (Wildman–Crippen MR) is 86.4 cm³/mol. The molecule has 1 aromatic heterocycles. The zero-order valence-electron chi connectivity index (χ0n) is 12.2. The molecule has 0 aliphatic heterocycles. The molecule has 1 heterocycles. The Kier molecular flexibility index (Phi) is 4.18. The lowest BCUT2D eigenvalue weighted by Crippen LogP contribution is -2.19. The van der Waals surface area contributed by atoms with E-state index in [1.54, 1.807) is 11.3 Å². The second-order valence-corrected chi connectivity index (χ2v) is 6.82. The highest BCUT2D eigenvalue weighted by Crippen LogP contribution is 2.24. The first kappa shape index (κ1) is 13.8. The molecule has 0 unspecified atom stereocenters. The van der Waals surface area contributed by atoms with Crippen molar-refractivity contribution in [1.82, 2.24) is 10.3 Å². The molecule has 0 atom stereocenters. The maximum Gasteiger partial charge on any atom is 0.0945 e. The van der Waals surface area contributed by atoms with Crippen LogP contribution in [-0.4, -0.2) is 17.6 Å². The summed E-state index contributed by atoms with van der Waals surface area (Å²) in [4.78, 5) is 4.75. The van der Waals surface area contributed by atoms with E-state index in [4.69, 9.17) is 4.98 Å². The van der Waals surface area contributed by atoms with Crippen LogP contribution in [0.4, 0.5) is 0 Å². The summed E-state index contributed by atoms with van der Waals surface area (Å²) in [5.74, 6) is 0.587. The van der Waals surface area contributed by atoms with Crippen molar-refractivity contribution in [1.29, 1.82) is 0 Å². The van der Waals surface area contributed by atoms with Crippen molar-refractivity contribution in [3.8, 4) is 11.3 Å². The van der Waals surface area contributed by atoms with Crippen molar-refractivity contribution in [2.75, 3.05) is 6.54 Å². The van der Waals surface area contributed by atoms with E-state index in [1.165, 1.54) is 29.0 Å². The lowest BCUT2D eigenvalue weighted by Gasteiger charge is -2.05. The normalized spacial score (nSPS) is 14.9. The molecule has 1 aromatic carbocycles. The summed E-state index contributed by atoms with van der Waals surface area (Å²) < 4.78 is 0. The van der Waals surface area contributed by atoms with Gasteiger partial charge in [-0.15, -0.1) is 11.3 Å². The summed E-state index contributed by atoms with van der Waals surface area (Å²) in [7, 11) is 0. The van der Waals surface area contributed by atoms with Gasteiger partial charge in [-0.05, 0) is 24.3 Å². The summed E-state index contributed by atoms with van der Waals surface area (Å²) in [6, 6.07) is 9.60. The standard InChI is InChI=1S/C17H22N2S/c1-12(2)13-3-5-14(6-4-13)16-11-20-17(19-16)9-10-18-15-7-8-15/h3-6,11-12,15,18H,7-10H2,1-2H3. The van der Waals surface area contributed by atoms with E-state index in [2.05, 4.69) is 48.8 Å². The molecule has 0 amide bonds. The molecule has 1 aliphatic carbocycles. The van der Waals surface area contributed by atoms with Gasteiger partial charge in [0.2, 0.25) is 0 Å². The van der Waals surface area contributed by atoms with Gasteiger partial charge in [-0.25, -0.2) is 4.98 Å². The highest BCUT2D eigenvalue weighted by atomic mass is 32.1. The van der Waals surface area contributed by atoms with Crippen LogP contribution in [0.2, 0.25) is 0 Å². The largest absolute Gasteiger partial charge is 0.314 e. The second kappa shape index (κ2) is 6.06. The molecule has 106 valence electrons. The number of hydrogen-bond acceptors (Lipinski definition) is 3. The quantitative estimate of drug-likeness (QED) is 0.859. The summed E-state index contributed by atoms with van der Waals surface area (Å²) in [6.45, 7) is 5.51. The third-order valence-corrected chi connectivity index (χ3v) is 4.68. The van der Waals surface area contributed by atoms with E-state index in [0.29, 0.717) is 5.92 Å². The molecular weight excluding hydrogens is 264 g/mol.